The van der Waals surface area contributed by atoms with Crippen molar-refractivity contribution < 1.29 is 4.74 Å². The molecule has 34 heavy (non-hydrogen) atoms. The first kappa shape index (κ1) is 30.4. The minimum Gasteiger partial charge on any atom is -0.379 e. The lowest BCUT2D eigenvalue weighted by Crippen LogP contribution is -2.53. The molecular weight excluding hydrogens is 428 g/mol. The SMILES string of the molecule is CCCCCCCCCCCCCCCCCCC1(C2([SiH3])CCCCO2)CCCCCCCC1. The molecule has 0 amide bonds. The third-order valence-corrected chi connectivity index (χ3v) is 11.5. The van der Waals surface area contributed by atoms with Crippen LogP contribution in [0.3, 0.4) is 0 Å². The van der Waals surface area contributed by atoms with Gasteiger partial charge in [-0.3, -0.25) is 0 Å². The van der Waals surface area contributed by atoms with Gasteiger partial charge < -0.3 is 4.74 Å². The molecule has 1 aliphatic carbocycles. The summed E-state index contributed by atoms with van der Waals surface area (Å²) in [5, 5.41) is 0.297. The highest BCUT2D eigenvalue weighted by Crippen LogP contribution is 2.50. The molecule has 1 saturated heterocycles. The van der Waals surface area contributed by atoms with Crippen LogP contribution >= 0.6 is 0 Å². The third kappa shape index (κ3) is 11.9. The van der Waals surface area contributed by atoms with Crippen LogP contribution in [0, 0.1) is 5.41 Å². The third-order valence-electron chi connectivity index (χ3n) is 9.66. The molecule has 202 valence electrons. The van der Waals surface area contributed by atoms with E-state index in [0.29, 0.717) is 10.6 Å². The molecule has 1 heterocycles. The van der Waals surface area contributed by atoms with E-state index in [4.69, 9.17) is 4.74 Å². The molecule has 0 aromatic rings. The summed E-state index contributed by atoms with van der Waals surface area (Å²) >= 11 is 0. The van der Waals surface area contributed by atoms with Gasteiger partial charge in [-0.2, -0.15) is 0 Å². The monoisotopic (exact) mass is 492 g/mol. The van der Waals surface area contributed by atoms with E-state index in [-0.39, 0.29) is 0 Å². The zero-order chi connectivity index (χ0) is 24.2. The molecule has 0 N–H and O–H groups in total. The molecule has 2 rings (SSSR count). The van der Waals surface area contributed by atoms with Crippen molar-refractivity contribution in [3.8, 4) is 0 Å². The summed E-state index contributed by atoms with van der Waals surface area (Å²) in [5.74, 6) is 0. The summed E-state index contributed by atoms with van der Waals surface area (Å²) in [6.07, 6.45) is 40.8. The van der Waals surface area contributed by atoms with Gasteiger partial charge >= 0.3 is 0 Å². The zero-order valence-corrected chi connectivity index (χ0v) is 25.9. The lowest BCUT2D eigenvalue weighted by molar-refractivity contribution is -0.116. The standard InChI is InChI=1S/C32H64OSi/c1-2-3-4-5-6-7-8-9-10-11-12-13-14-15-18-21-26-31(32(34)29-24-25-30-33-32)27-22-19-16-17-20-23-28-31/h2-30H2,1,34H3. The summed E-state index contributed by atoms with van der Waals surface area (Å²) in [6, 6.07) is 0. The van der Waals surface area contributed by atoms with Crippen molar-refractivity contribution >= 4 is 10.2 Å². The van der Waals surface area contributed by atoms with Crippen molar-refractivity contribution in [2.24, 2.45) is 5.41 Å². The van der Waals surface area contributed by atoms with Gasteiger partial charge in [0.1, 0.15) is 0 Å². The van der Waals surface area contributed by atoms with Gasteiger partial charge in [-0.25, -0.2) is 0 Å². The summed E-state index contributed by atoms with van der Waals surface area (Å²) in [6.45, 7) is 3.36. The fourth-order valence-electron chi connectivity index (χ4n) is 7.17. The van der Waals surface area contributed by atoms with E-state index in [1.807, 2.05) is 0 Å². The van der Waals surface area contributed by atoms with Gasteiger partial charge in [-0.1, -0.05) is 148 Å². The van der Waals surface area contributed by atoms with Crippen molar-refractivity contribution in [2.75, 3.05) is 6.61 Å². The summed E-state index contributed by atoms with van der Waals surface area (Å²) in [7, 11) is 1.24. The fraction of sp³-hybridized carbons (Fsp3) is 1.00. The Bertz CT molecular complexity index is 446. The lowest BCUT2D eigenvalue weighted by atomic mass is 9.68. The maximum atomic E-state index is 6.69. The average Bonchev–Trinajstić information content (AvgIpc) is 2.97. The Balaban J connectivity index is 1.55. The fourth-order valence-corrected chi connectivity index (χ4v) is 8.47. The van der Waals surface area contributed by atoms with Gasteiger partial charge in [0, 0.05) is 16.8 Å². The average molecular weight is 493 g/mol. The Morgan fingerprint density at radius 3 is 1.35 bits per heavy atom. The smallest absolute Gasteiger partial charge is 0.0540 e. The largest absolute Gasteiger partial charge is 0.379 e. The van der Waals surface area contributed by atoms with Gasteiger partial charge in [0.15, 0.2) is 0 Å². The molecule has 1 saturated carbocycles. The summed E-state index contributed by atoms with van der Waals surface area (Å²) in [4.78, 5) is 0. The molecule has 0 bridgehead atoms. The molecule has 2 aliphatic rings. The molecular formula is C32H64OSi. The number of ether oxygens (including phenoxy) is 1. The van der Waals surface area contributed by atoms with Crippen LogP contribution in [0.4, 0.5) is 0 Å². The van der Waals surface area contributed by atoms with Crippen molar-refractivity contribution in [3.63, 3.8) is 0 Å². The molecule has 0 aromatic heterocycles. The maximum Gasteiger partial charge on any atom is 0.0540 e. The topological polar surface area (TPSA) is 9.23 Å². The van der Waals surface area contributed by atoms with Crippen LogP contribution in [0.15, 0.2) is 0 Å². The van der Waals surface area contributed by atoms with E-state index in [0.717, 1.165) is 6.61 Å². The lowest BCUT2D eigenvalue weighted by Gasteiger charge is -2.51. The van der Waals surface area contributed by atoms with E-state index in [9.17, 15) is 0 Å². The Morgan fingerprint density at radius 2 is 0.912 bits per heavy atom. The van der Waals surface area contributed by atoms with E-state index >= 15 is 0 Å². The van der Waals surface area contributed by atoms with Crippen molar-refractivity contribution in [2.45, 2.75) is 192 Å². The minimum atomic E-state index is 0.297. The zero-order valence-electron chi connectivity index (χ0n) is 23.9. The number of hydrogen-bond acceptors (Lipinski definition) is 1. The first-order valence-corrected chi connectivity index (χ1v) is 17.4. The van der Waals surface area contributed by atoms with Gasteiger partial charge in [0.25, 0.3) is 0 Å². The molecule has 0 aromatic carbocycles. The minimum absolute atomic E-state index is 0.297. The van der Waals surface area contributed by atoms with Gasteiger partial charge in [-0.05, 0) is 43.9 Å². The molecule has 0 radical (unpaired) electrons. The number of hydrogen-bond donors (Lipinski definition) is 0. The van der Waals surface area contributed by atoms with Crippen LogP contribution in [-0.4, -0.2) is 22.1 Å². The number of rotatable bonds is 18. The Hall–Kier alpha value is 0.177. The molecule has 1 unspecified atom stereocenters. The van der Waals surface area contributed by atoms with Gasteiger partial charge in [-0.15, -0.1) is 0 Å². The molecule has 1 atom stereocenters. The van der Waals surface area contributed by atoms with E-state index in [1.165, 1.54) is 190 Å². The van der Waals surface area contributed by atoms with E-state index in [2.05, 4.69) is 6.92 Å². The highest BCUT2D eigenvalue weighted by Gasteiger charge is 2.48. The van der Waals surface area contributed by atoms with Crippen LogP contribution < -0.4 is 0 Å². The Labute approximate surface area is 218 Å². The van der Waals surface area contributed by atoms with Crippen LogP contribution in [0.25, 0.3) is 0 Å². The quantitative estimate of drug-likeness (QED) is 0.137. The Morgan fingerprint density at radius 1 is 0.500 bits per heavy atom. The van der Waals surface area contributed by atoms with Crippen molar-refractivity contribution in [1.29, 1.82) is 0 Å². The van der Waals surface area contributed by atoms with E-state index in [1.54, 1.807) is 0 Å². The molecule has 2 fully saturated rings. The highest BCUT2D eigenvalue weighted by molar-refractivity contribution is 6.15. The van der Waals surface area contributed by atoms with Crippen LogP contribution in [0.5, 0.6) is 0 Å². The predicted molar refractivity (Wildman–Crippen MR) is 156 cm³/mol. The number of unbranched alkanes of at least 4 members (excludes halogenated alkanes) is 15. The van der Waals surface area contributed by atoms with Gasteiger partial charge in [0.05, 0.1) is 5.22 Å². The highest BCUT2D eigenvalue weighted by atomic mass is 28.1. The van der Waals surface area contributed by atoms with Crippen LogP contribution in [0.1, 0.15) is 187 Å². The maximum absolute atomic E-state index is 6.69. The first-order chi connectivity index (χ1) is 16.7. The first-order valence-electron chi connectivity index (χ1n) is 16.4. The van der Waals surface area contributed by atoms with Crippen molar-refractivity contribution in [3.05, 3.63) is 0 Å². The normalized spacial score (nSPS) is 23.9. The van der Waals surface area contributed by atoms with E-state index < -0.39 is 0 Å². The molecule has 1 nitrogen and oxygen atoms in total. The molecule has 0 spiro atoms. The molecule has 1 aliphatic heterocycles. The van der Waals surface area contributed by atoms with Crippen LogP contribution in [-0.2, 0) is 4.74 Å². The Kier molecular flexibility index (Phi) is 17.3. The molecule has 2 heteroatoms. The summed E-state index contributed by atoms with van der Waals surface area (Å²) < 4.78 is 6.69. The summed E-state index contributed by atoms with van der Waals surface area (Å²) in [5.41, 5.74) is 0.528. The van der Waals surface area contributed by atoms with Crippen molar-refractivity contribution in [1.82, 2.24) is 0 Å². The van der Waals surface area contributed by atoms with Gasteiger partial charge in [0.2, 0.25) is 0 Å². The van der Waals surface area contributed by atoms with Crippen LogP contribution in [0.2, 0.25) is 0 Å². The second kappa shape index (κ2) is 19.3. The second-order valence-electron chi connectivity index (χ2n) is 12.5. The second-order valence-corrected chi connectivity index (χ2v) is 14.1. The predicted octanol–water partition coefficient (Wildman–Crippen LogP) is 10.0.